The summed E-state index contributed by atoms with van der Waals surface area (Å²) in [4.78, 5) is 20.9. The molecule has 0 aliphatic carbocycles. The normalized spacial score (nSPS) is 13.0. The van der Waals surface area contributed by atoms with E-state index >= 15 is 0 Å². The molecule has 1 aliphatic heterocycles. The highest BCUT2D eigenvalue weighted by atomic mass is 32.2. The number of Topliss-reactive ketones (excluding diaryl/α,β-unsaturated/α-hetero) is 1. The first-order chi connectivity index (χ1) is 10.4. The number of ether oxygens (including phenoxy) is 1. The summed E-state index contributed by atoms with van der Waals surface area (Å²) in [5.41, 5.74) is 2.67. The number of hydrogen-bond donors (Lipinski definition) is 0. The predicted octanol–water partition coefficient (Wildman–Crippen LogP) is 3.74. The number of ketones is 1. The van der Waals surface area contributed by atoms with E-state index in [1.165, 1.54) is 11.8 Å². The molecule has 0 N–H and O–H groups in total. The molecule has 114 valence electrons. The second kappa shape index (κ2) is 5.72. The van der Waals surface area contributed by atoms with Crippen molar-refractivity contribution >= 4 is 17.5 Å². The first kappa shape index (κ1) is 15.0. The van der Waals surface area contributed by atoms with Gasteiger partial charge in [0.1, 0.15) is 18.1 Å². The number of rotatable bonds is 3. The Morgan fingerprint density at radius 3 is 2.86 bits per heavy atom. The fourth-order valence-electron chi connectivity index (χ4n) is 2.10. The van der Waals surface area contributed by atoms with Gasteiger partial charge in [0.15, 0.2) is 10.9 Å². The molecule has 0 saturated carbocycles. The Morgan fingerprint density at radius 1 is 1.32 bits per heavy atom. The van der Waals surface area contributed by atoms with E-state index in [0.29, 0.717) is 23.3 Å². The molecule has 0 atom stereocenters. The maximum atomic E-state index is 12.0. The smallest absolute Gasteiger partial charge is 0.188 e. The van der Waals surface area contributed by atoms with E-state index in [1.54, 1.807) is 6.20 Å². The number of aromatic nitrogens is 2. The molecule has 1 aromatic carbocycles. The van der Waals surface area contributed by atoms with Gasteiger partial charge in [-0.05, 0) is 5.56 Å². The highest BCUT2D eigenvalue weighted by Gasteiger charge is 2.23. The summed E-state index contributed by atoms with van der Waals surface area (Å²) in [5, 5.41) is 0.608. The maximum Gasteiger partial charge on any atom is 0.188 e. The van der Waals surface area contributed by atoms with Crippen molar-refractivity contribution in [2.45, 2.75) is 32.5 Å². The van der Waals surface area contributed by atoms with Crippen LogP contribution in [0.4, 0.5) is 0 Å². The van der Waals surface area contributed by atoms with Gasteiger partial charge in [-0.25, -0.2) is 9.97 Å². The van der Waals surface area contributed by atoms with Crippen LogP contribution in [0.2, 0.25) is 0 Å². The molecule has 0 spiro atoms. The van der Waals surface area contributed by atoms with Gasteiger partial charge < -0.3 is 4.74 Å². The van der Waals surface area contributed by atoms with Crippen LogP contribution in [-0.4, -0.2) is 21.5 Å². The summed E-state index contributed by atoms with van der Waals surface area (Å²) in [5.74, 6) is 1.27. The van der Waals surface area contributed by atoms with E-state index in [4.69, 9.17) is 4.74 Å². The van der Waals surface area contributed by atoms with Crippen molar-refractivity contribution in [3.8, 4) is 17.0 Å². The Hall–Kier alpha value is -1.88. The fraction of sp³-hybridized carbons (Fsp3) is 0.353. The Kier molecular flexibility index (Phi) is 3.91. The monoisotopic (exact) mass is 314 g/mol. The van der Waals surface area contributed by atoms with Crippen LogP contribution in [0.1, 0.15) is 26.3 Å². The van der Waals surface area contributed by atoms with Crippen LogP contribution in [0.3, 0.4) is 0 Å². The zero-order chi connectivity index (χ0) is 15.7. The lowest BCUT2D eigenvalue weighted by Crippen LogP contribution is -2.22. The van der Waals surface area contributed by atoms with Crippen LogP contribution < -0.4 is 4.74 Å². The van der Waals surface area contributed by atoms with Gasteiger partial charge in [0.05, 0.1) is 11.9 Å². The third-order valence-corrected chi connectivity index (χ3v) is 4.42. The zero-order valence-electron chi connectivity index (χ0n) is 12.9. The van der Waals surface area contributed by atoms with Crippen molar-refractivity contribution in [3.63, 3.8) is 0 Å². The second-order valence-corrected chi connectivity index (χ2v) is 7.22. The van der Waals surface area contributed by atoms with Crippen LogP contribution >= 0.6 is 11.8 Å². The molecule has 0 unspecified atom stereocenters. The molecule has 0 amide bonds. The van der Waals surface area contributed by atoms with E-state index < -0.39 is 0 Å². The summed E-state index contributed by atoms with van der Waals surface area (Å²) >= 11 is 1.38. The van der Waals surface area contributed by atoms with Gasteiger partial charge in [-0.3, -0.25) is 4.79 Å². The highest BCUT2D eigenvalue weighted by molar-refractivity contribution is 7.99. The molecule has 0 saturated heterocycles. The fourth-order valence-corrected chi connectivity index (χ4v) is 3.08. The molecular formula is C17H18N2O2S. The number of hydrogen-bond acceptors (Lipinski definition) is 5. The molecule has 0 fully saturated rings. The van der Waals surface area contributed by atoms with Crippen LogP contribution in [0.25, 0.3) is 11.3 Å². The summed E-state index contributed by atoms with van der Waals surface area (Å²) in [6.07, 6.45) is 1.70. The van der Waals surface area contributed by atoms with Crippen molar-refractivity contribution in [1.29, 1.82) is 0 Å². The minimum atomic E-state index is -0.336. The number of benzene rings is 1. The van der Waals surface area contributed by atoms with E-state index in [1.807, 2.05) is 45.0 Å². The molecule has 1 aliphatic rings. The molecule has 1 aromatic heterocycles. The Balaban J connectivity index is 1.84. The molecule has 2 aromatic rings. The molecule has 4 nitrogen and oxygen atoms in total. The quantitative estimate of drug-likeness (QED) is 0.638. The van der Waals surface area contributed by atoms with Gasteiger partial charge in [-0.2, -0.15) is 0 Å². The number of carbonyl (C=O) groups excluding carboxylic acids is 1. The van der Waals surface area contributed by atoms with Gasteiger partial charge in [0, 0.05) is 11.0 Å². The van der Waals surface area contributed by atoms with E-state index in [2.05, 4.69) is 9.97 Å². The number of nitrogens with zero attached hydrogens (tertiary/aromatic N) is 2. The van der Waals surface area contributed by atoms with E-state index in [9.17, 15) is 4.79 Å². The van der Waals surface area contributed by atoms with Gasteiger partial charge in [-0.15, -0.1) is 0 Å². The number of thioether (sulfide) groups is 1. The van der Waals surface area contributed by atoms with Crippen LogP contribution in [0, 0.1) is 5.41 Å². The van der Waals surface area contributed by atoms with Crippen molar-refractivity contribution in [1.82, 2.24) is 9.97 Å². The van der Waals surface area contributed by atoms with Crippen molar-refractivity contribution < 1.29 is 9.53 Å². The number of fused-ring (bicyclic) bond motifs is 3. The zero-order valence-corrected chi connectivity index (χ0v) is 13.7. The molecular weight excluding hydrogens is 296 g/mol. The molecule has 22 heavy (non-hydrogen) atoms. The van der Waals surface area contributed by atoms with E-state index in [-0.39, 0.29) is 11.2 Å². The average Bonchev–Trinajstić information content (AvgIpc) is 2.51. The molecule has 2 heterocycles. The molecule has 3 rings (SSSR count). The van der Waals surface area contributed by atoms with Gasteiger partial charge in [0.2, 0.25) is 0 Å². The second-order valence-electron chi connectivity index (χ2n) is 6.27. The minimum Gasteiger partial charge on any atom is -0.485 e. The van der Waals surface area contributed by atoms with Crippen LogP contribution in [0.15, 0.2) is 35.6 Å². The summed E-state index contributed by atoms with van der Waals surface area (Å²) < 4.78 is 5.68. The highest BCUT2D eigenvalue weighted by Crippen LogP contribution is 2.36. The topological polar surface area (TPSA) is 52.1 Å². The predicted molar refractivity (Wildman–Crippen MR) is 87.0 cm³/mol. The lowest BCUT2D eigenvalue weighted by atomic mass is 9.92. The molecule has 5 heteroatoms. The lowest BCUT2D eigenvalue weighted by molar-refractivity contribution is -0.123. The molecule has 0 bridgehead atoms. The average molecular weight is 314 g/mol. The van der Waals surface area contributed by atoms with Crippen molar-refractivity contribution in [2.75, 3.05) is 5.75 Å². The number of carbonyl (C=O) groups is 1. The third-order valence-electron chi connectivity index (χ3n) is 3.56. The SMILES string of the molecule is CC(C)(C)C(=O)CSc1ncc2c(n1)-c1ccccc1CO2. The molecule has 0 radical (unpaired) electrons. The van der Waals surface area contributed by atoms with Gasteiger partial charge >= 0.3 is 0 Å². The van der Waals surface area contributed by atoms with Gasteiger partial charge in [-0.1, -0.05) is 56.8 Å². The van der Waals surface area contributed by atoms with Crippen LogP contribution in [-0.2, 0) is 11.4 Å². The Morgan fingerprint density at radius 2 is 2.09 bits per heavy atom. The van der Waals surface area contributed by atoms with Crippen molar-refractivity contribution in [3.05, 3.63) is 36.0 Å². The lowest BCUT2D eigenvalue weighted by Gasteiger charge is -2.20. The minimum absolute atomic E-state index is 0.190. The maximum absolute atomic E-state index is 12.0. The third kappa shape index (κ3) is 2.99. The Labute approximate surface area is 134 Å². The first-order valence-corrected chi connectivity index (χ1v) is 8.18. The van der Waals surface area contributed by atoms with Crippen LogP contribution in [0.5, 0.6) is 5.75 Å². The summed E-state index contributed by atoms with van der Waals surface area (Å²) in [6.45, 7) is 6.32. The largest absolute Gasteiger partial charge is 0.485 e. The standard InChI is InChI=1S/C17H18N2O2S/c1-17(2,3)14(20)10-22-16-18-8-13-15(19-16)12-7-5-4-6-11(12)9-21-13/h4-8H,9-10H2,1-3H3. The van der Waals surface area contributed by atoms with Crippen molar-refractivity contribution in [2.24, 2.45) is 5.41 Å². The van der Waals surface area contributed by atoms with E-state index in [0.717, 1.165) is 16.8 Å². The summed E-state index contributed by atoms with van der Waals surface area (Å²) in [7, 11) is 0. The summed E-state index contributed by atoms with van der Waals surface area (Å²) in [6, 6.07) is 8.06. The van der Waals surface area contributed by atoms with Gasteiger partial charge in [0.25, 0.3) is 0 Å². The first-order valence-electron chi connectivity index (χ1n) is 7.19. The Bertz CT molecular complexity index is 723.